The summed E-state index contributed by atoms with van der Waals surface area (Å²) < 4.78 is 2.04. The van der Waals surface area contributed by atoms with Crippen molar-refractivity contribution in [3.63, 3.8) is 0 Å². The van der Waals surface area contributed by atoms with Gasteiger partial charge < -0.3 is 5.32 Å². The minimum atomic E-state index is 0.172. The van der Waals surface area contributed by atoms with E-state index in [1.807, 2.05) is 4.68 Å². The molecule has 3 rings (SSSR count). The molecular formula is C16H22N4. The maximum Gasteiger partial charge on any atom is 0.138 e. The summed E-state index contributed by atoms with van der Waals surface area (Å²) in [4.78, 5) is 4.48. The fraction of sp³-hybridized carbons (Fsp3) is 0.500. The zero-order chi connectivity index (χ0) is 14.2. The van der Waals surface area contributed by atoms with Crippen LogP contribution in [-0.4, -0.2) is 27.9 Å². The summed E-state index contributed by atoms with van der Waals surface area (Å²) >= 11 is 0. The van der Waals surface area contributed by atoms with Crippen LogP contribution in [0, 0.1) is 6.92 Å². The van der Waals surface area contributed by atoms with Crippen molar-refractivity contribution in [1.29, 1.82) is 0 Å². The lowest BCUT2D eigenvalue weighted by atomic mass is 9.72. The second kappa shape index (κ2) is 5.02. The van der Waals surface area contributed by atoms with Crippen molar-refractivity contribution in [2.45, 2.75) is 38.6 Å². The molecule has 4 heteroatoms. The van der Waals surface area contributed by atoms with E-state index < -0.39 is 0 Å². The molecule has 0 spiro atoms. The van der Waals surface area contributed by atoms with Crippen molar-refractivity contribution in [3.05, 3.63) is 47.5 Å². The van der Waals surface area contributed by atoms with Crippen LogP contribution in [0.25, 0.3) is 0 Å². The van der Waals surface area contributed by atoms with Gasteiger partial charge >= 0.3 is 0 Å². The van der Waals surface area contributed by atoms with Gasteiger partial charge in [0.15, 0.2) is 0 Å². The Balaban J connectivity index is 1.92. The quantitative estimate of drug-likeness (QED) is 0.926. The van der Waals surface area contributed by atoms with Crippen molar-refractivity contribution < 1.29 is 0 Å². The first-order valence-corrected chi connectivity index (χ1v) is 7.27. The molecule has 0 amide bonds. The summed E-state index contributed by atoms with van der Waals surface area (Å²) in [5.41, 5.74) is 2.90. The Morgan fingerprint density at radius 3 is 2.75 bits per heavy atom. The van der Waals surface area contributed by atoms with E-state index >= 15 is 0 Å². The largest absolute Gasteiger partial charge is 0.315 e. The summed E-state index contributed by atoms with van der Waals surface area (Å²) in [7, 11) is 0. The Kier molecular flexibility index (Phi) is 3.34. The highest BCUT2D eigenvalue weighted by molar-refractivity contribution is 5.34. The van der Waals surface area contributed by atoms with Crippen LogP contribution in [0.5, 0.6) is 0 Å². The molecule has 1 aliphatic rings. The third-order valence-electron chi connectivity index (χ3n) is 4.19. The van der Waals surface area contributed by atoms with E-state index in [9.17, 15) is 0 Å². The Morgan fingerprint density at radius 2 is 2.15 bits per heavy atom. The molecule has 1 saturated heterocycles. The van der Waals surface area contributed by atoms with E-state index in [2.05, 4.69) is 60.4 Å². The van der Waals surface area contributed by atoms with Crippen LogP contribution in [-0.2, 0) is 11.8 Å². The van der Waals surface area contributed by atoms with Gasteiger partial charge in [0.25, 0.3) is 0 Å². The Labute approximate surface area is 120 Å². The molecule has 0 unspecified atom stereocenters. The Bertz CT molecular complexity index is 596. The zero-order valence-corrected chi connectivity index (χ0v) is 12.4. The Hall–Kier alpha value is -1.68. The van der Waals surface area contributed by atoms with Crippen LogP contribution in [0.4, 0.5) is 0 Å². The second-order valence-electron chi connectivity index (χ2n) is 6.14. The van der Waals surface area contributed by atoms with Gasteiger partial charge in [-0.3, -0.25) is 0 Å². The first-order chi connectivity index (χ1) is 9.61. The fourth-order valence-electron chi connectivity index (χ4n) is 2.97. The average molecular weight is 270 g/mol. The minimum absolute atomic E-state index is 0.172. The fourth-order valence-corrected chi connectivity index (χ4v) is 2.97. The number of hydrogen-bond acceptors (Lipinski definition) is 3. The molecule has 0 aliphatic carbocycles. The average Bonchev–Trinajstić information content (AvgIpc) is 2.82. The molecule has 1 aromatic heterocycles. The summed E-state index contributed by atoms with van der Waals surface area (Å²) in [5.74, 6) is 1.09. The standard InChI is InChI=1S/C16H22N4/c1-12(2)20-15(18-11-19-20)8-16(9-17-10-16)14-6-4-5-13(3)7-14/h4-7,11-12,17H,8-10H2,1-3H3. The first kappa shape index (κ1) is 13.3. The Morgan fingerprint density at radius 1 is 1.35 bits per heavy atom. The summed E-state index contributed by atoms with van der Waals surface area (Å²) in [6, 6.07) is 9.20. The monoisotopic (exact) mass is 270 g/mol. The SMILES string of the molecule is Cc1cccc(C2(Cc3ncnn3C(C)C)CNC2)c1. The van der Waals surface area contributed by atoms with Crippen molar-refractivity contribution in [3.8, 4) is 0 Å². The number of nitrogens with one attached hydrogen (secondary N) is 1. The maximum atomic E-state index is 4.48. The number of benzene rings is 1. The molecule has 0 radical (unpaired) electrons. The van der Waals surface area contributed by atoms with Gasteiger partial charge in [0.2, 0.25) is 0 Å². The topological polar surface area (TPSA) is 42.7 Å². The number of nitrogens with zero attached hydrogens (tertiary/aromatic N) is 3. The molecule has 1 aromatic carbocycles. The molecule has 106 valence electrons. The third-order valence-corrected chi connectivity index (χ3v) is 4.19. The van der Waals surface area contributed by atoms with Crippen molar-refractivity contribution in [2.75, 3.05) is 13.1 Å². The highest BCUT2D eigenvalue weighted by Crippen LogP contribution is 2.32. The third kappa shape index (κ3) is 2.24. The molecule has 1 fully saturated rings. The lowest BCUT2D eigenvalue weighted by molar-refractivity contribution is 0.264. The van der Waals surface area contributed by atoms with Gasteiger partial charge in [-0.1, -0.05) is 29.8 Å². The number of hydrogen-bond donors (Lipinski definition) is 1. The highest BCUT2D eigenvalue weighted by Gasteiger charge is 2.40. The maximum absolute atomic E-state index is 4.48. The lowest BCUT2D eigenvalue weighted by Gasteiger charge is -2.43. The second-order valence-corrected chi connectivity index (χ2v) is 6.14. The summed E-state index contributed by atoms with van der Waals surface area (Å²) in [5, 5.41) is 7.78. The van der Waals surface area contributed by atoms with Crippen LogP contribution in [0.3, 0.4) is 0 Å². The summed E-state index contributed by atoms with van der Waals surface area (Å²) in [6.07, 6.45) is 2.62. The minimum Gasteiger partial charge on any atom is -0.315 e. The molecule has 20 heavy (non-hydrogen) atoms. The van der Waals surface area contributed by atoms with Gasteiger partial charge in [-0.05, 0) is 26.3 Å². The van der Waals surface area contributed by atoms with E-state index in [1.165, 1.54) is 11.1 Å². The summed E-state index contributed by atoms with van der Waals surface area (Å²) in [6.45, 7) is 8.48. The molecule has 0 bridgehead atoms. The van der Waals surface area contributed by atoms with Crippen LogP contribution in [0.15, 0.2) is 30.6 Å². The van der Waals surface area contributed by atoms with Crippen LogP contribution in [0.2, 0.25) is 0 Å². The van der Waals surface area contributed by atoms with Crippen LogP contribution in [0.1, 0.15) is 36.8 Å². The van der Waals surface area contributed by atoms with Crippen molar-refractivity contribution >= 4 is 0 Å². The molecule has 0 saturated carbocycles. The molecule has 2 heterocycles. The van der Waals surface area contributed by atoms with Gasteiger partial charge in [-0.2, -0.15) is 5.10 Å². The van der Waals surface area contributed by atoms with Gasteiger partial charge in [0.05, 0.1) is 0 Å². The molecule has 1 N–H and O–H groups in total. The first-order valence-electron chi connectivity index (χ1n) is 7.27. The van der Waals surface area contributed by atoms with Crippen LogP contribution >= 0.6 is 0 Å². The predicted octanol–water partition coefficient (Wildman–Crippen LogP) is 2.25. The van der Waals surface area contributed by atoms with E-state index in [-0.39, 0.29) is 5.41 Å². The molecular weight excluding hydrogens is 248 g/mol. The molecule has 2 aromatic rings. The van der Waals surface area contributed by atoms with Gasteiger partial charge in [0, 0.05) is 31.0 Å². The number of rotatable bonds is 4. The molecule has 0 atom stereocenters. The van der Waals surface area contributed by atoms with Crippen molar-refractivity contribution in [2.24, 2.45) is 0 Å². The van der Waals surface area contributed by atoms with E-state index in [1.54, 1.807) is 6.33 Å². The molecule has 4 nitrogen and oxygen atoms in total. The smallest absolute Gasteiger partial charge is 0.138 e. The van der Waals surface area contributed by atoms with E-state index in [0.717, 1.165) is 25.3 Å². The van der Waals surface area contributed by atoms with Gasteiger partial charge in [0.1, 0.15) is 12.2 Å². The highest BCUT2D eigenvalue weighted by atomic mass is 15.3. The number of aryl methyl sites for hydroxylation is 1. The van der Waals surface area contributed by atoms with E-state index in [0.29, 0.717) is 6.04 Å². The zero-order valence-electron chi connectivity index (χ0n) is 12.4. The van der Waals surface area contributed by atoms with E-state index in [4.69, 9.17) is 0 Å². The lowest BCUT2D eigenvalue weighted by Crippen LogP contribution is -2.58. The normalized spacial score (nSPS) is 17.2. The van der Waals surface area contributed by atoms with Gasteiger partial charge in [-0.25, -0.2) is 9.67 Å². The van der Waals surface area contributed by atoms with Gasteiger partial charge in [-0.15, -0.1) is 0 Å². The molecule has 1 aliphatic heterocycles. The predicted molar refractivity (Wildman–Crippen MR) is 79.8 cm³/mol. The van der Waals surface area contributed by atoms with Crippen molar-refractivity contribution in [1.82, 2.24) is 20.1 Å². The van der Waals surface area contributed by atoms with Crippen LogP contribution < -0.4 is 5.32 Å². The number of aromatic nitrogens is 3.